The third-order valence-electron chi connectivity index (χ3n) is 3.08. The molecule has 0 bridgehead atoms. The van der Waals surface area contributed by atoms with Gasteiger partial charge in [-0.25, -0.2) is 0 Å². The fourth-order valence-corrected chi connectivity index (χ4v) is 2.07. The number of ketones is 1. The third kappa shape index (κ3) is 3.46. The van der Waals surface area contributed by atoms with Crippen molar-refractivity contribution in [2.75, 3.05) is 6.61 Å². The van der Waals surface area contributed by atoms with Gasteiger partial charge in [-0.3, -0.25) is 4.79 Å². The first-order chi connectivity index (χ1) is 7.84. The molecular weight excluding hydrogens is 200 g/mol. The Morgan fingerprint density at radius 1 is 1.12 bits per heavy atom. The predicted molar refractivity (Wildman–Crippen MR) is 63.4 cm³/mol. The minimum absolute atomic E-state index is 0.307. The fourth-order valence-electron chi connectivity index (χ4n) is 2.07. The van der Waals surface area contributed by atoms with Crippen molar-refractivity contribution < 1.29 is 9.53 Å². The van der Waals surface area contributed by atoms with E-state index >= 15 is 0 Å². The molecule has 0 radical (unpaired) electrons. The molecule has 86 valence electrons. The van der Waals surface area contributed by atoms with E-state index in [0.717, 1.165) is 25.9 Å². The molecule has 0 heterocycles. The number of hydrogen-bond acceptors (Lipinski definition) is 2. The summed E-state index contributed by atoms with van der Waals surface area (Å²) < 4.78 is 5.78. The van der Waals surface area contributed by atoms with Gasteiger partial charge >= 0.3 is 0 Å². The number of benzene rings is 1. The van der Waals surface area contributed by atoms with Gasteiger partial charge in [-0.15, -0.1) is 0 Å². The molecule has 0 saturated heterocycles. The van der Waals surface area contributed by atoms with Crippen molar-refractivity contribution in [2.45, 2.75) is 38.2 Å². The molecule has 0 aromatic heterocycles. The average molecular weight is 218 g/mol. The molecule has 1 fully saturated rings. The average Bonchev–Trinajstić information content (AvgIpc) is 2.33. The number of carbonyl (C=O) groups excluding carboxylic acids is 1. The van der Waals surface area contributed by atoms with Gasteiger partial charge < -0.3 is 4.74 Å². The van der Waals surface area contributed by atoms with E-state index in [2.05, 4.69) is 24.3 Å². The topological polar surface area (TPSA) is 26.3 Å². The highest BCUT2D eigenvalue weighted by molar-refractivity contribution is 5.79. The first kappa shape index (κ1) is 11.3. The SMILES string of the molecule is O=C1CCC(OCCc2ccccc2)CC1. The minimum atomic E-state index is 0.307. The molecule has 0 amide bonds. The Morgan fingerprint density at radius 2 is 1.81 bits per heavy atom. The molecule has 2 rings (SSSR count). The highest BCUT2D eigenvalue weighted by atomic mass is 16.5. The van der Waals surface area contributed by atoms with Crippen molar-refractivity contribution in [3.05, 3.63) is 35.9 Å². The zero-order valence-corrected chi connectivity index (χ0v) is 9.52. The molecule has 1 aromatic rings. The van der Waals surface area contributed by atoms with E-state index in [-0.39, 0.29) is 0 Å². The molecule has 1 aromatic carbocycles. The van der Waals surface area contributed by atoms with Gasteiger partial charge in [0, 0.05) is 12.8 Å². The van der Waals surface area contributed by atoms with Gasteiger partial charge in [0.15, 0.2) is 0 Å². The Morgan fingerprint density at radius 3 is 2.50 bits per heavy atom. The van der Waals surface area contributed by atoms with Crippen molar-refractivity contribution in [1.29, 1.82) is 0 Å². The van der Waals surface area contributed by atoms with Gasteiger partial charge in [0.05, 0.1) is 12.7 Å². The molecule has 16 heavy (non-hydrogen) atoms. The van der Waals surface area contributed by atoms with Crippen LogP contribution in [0.2, 0.25) is 0 Å². The van der Waals surface area contributed by atoms with Gasteiger partial charge in [-0.2, -0.15) is 0 Å². The largest absolute Gasteiger partial charge is 0.378 e. The van der Waals surface area contributed by atoms with E-state index in [9.17, 15) is 4.79 Å². The summed E-state index contributed by atoms with van der Waals surface area (Å²) in [7, 11) is 0. The summed E-state index contributed by atoms with van der Waals surface area (Å²) in [6.45, 7) is 0.767. The molecule has 0 N–H and O–H groups in total. The molecule has 0 aliphatic heterocycles. The highest BCUT2D eigenvalue weighted by Crippen LogP contribution is 2.18. The Balaban J connectivity index is 1.67. The van der Waals surface area contributed by atoms with Crippen LogP contribution < -0.4 is 0 Å². The van der Waals surface area contributed by atoms with E-state index in [1.54, 1.807) is 0 Å². The highest BCUT2D eigenvalue weighted by Gasteiger charge is 2.18. The maximum absolute atomic E-state index is 11.0. The summed E-state index contributed by atoms with van der Waals surface area (Å²) in [6.07, 6.45) is 4.50. The van der Waals surface area contributed by atoms with Crippen LogP contribution in [-0.4, -0.2) is 18.5 Å². The van der Waals surface area contributed by atoms with Crippen LogP contribution in [0.4, 0.5) is 0 Å². The summed E-state index contributed by atoms with van der Waals surface area (Å²) >= 11 is 0. The number of ether oxygens (including phenoxy) is 1. The second-order valence-electron chi connectivity index (χ2n) is 4.34. The van der Waals surface area contributed by atoms with Gasteiger partial charge in [0.25, 0.3) is 0 Å². The number of Topliss-reactive ketones (excluding diaryl/α,β-unsaturated/α-hetero) is 1. The van der Waals surface area contributed by atoms with Crippen LogP contribution in [0.3, 0.4) is 0 Å². The fraction of sp³-hybridized carbons (Fsp3) is 0.500. The Labute approximate surface area is 96.6 Å². The smallest absolute Gasteiger partial charge is 0.133 e. The lowest BCUT2D eigenvalue weighted by Crippen LogP contribution is -2.22. The quantitative estimate of drug-likeness (QED) is 0.776. The van der Waals surface area contributed by atoms with Crippen molar-refractivity contribution in [3.63, 3.8) is 0 Å². The van der Waals surface area contributed by atoms with Gasteiger partial charge in [-0.05, 0) is 24.8 Å². The molecule has 0 spiro atoms. The first-order valence-corrected chi connectivity index (χ1v) is 6.02. The molecule has 0 atom stereocenters. The molecule has 1 saturated carbocycles. The predicted octanol–water partition coefficient (Wildman–Crippen LogP) is 2.76. The molecule has 1 aliphatic rings. The summed E-state index contributed by atoms with van der Waals surface area (Å²) in [5.74, 6) is 0.392. The summed E-state index contributed by atoms with van der Waals surface area (Å²) in [5, 5.41) is 0. The van der Waals surface area contributed by atoms with Gasteiger partial charge in [-0.1, -0.05) is 30.3 Å². The zero-order chi connectivity index (χ0) is 11.2. The van der Waals surface area contributed by atoms with Crippen molar-refractivity contribution in [3.8, 4) is 0 Å². The van der Waals surface area contributed by atoms with E-state index in [0.29, 0.717) is 24.7 Å². The number of hydrogen-bond donors (Lipinski definition) is 0. The van der Waals surface area contributed by atoms with Crippen LogP contribution in [0, 0.1) is 0 Å². The minimum Gasteiger partial charge on any atom is -0.378 e. The second-order valence-corrected chi connectivity index (χ2v) is 4.34. The Bertz CT molecular complexity index is 322. The normalized spacial score (nSPS) is 17.6. The van der Waals surface area contributed by atoms with Crippen LogP contribution in [0.5, 0.6) is 0 Å². The van der Waals surface area contributed by atoms with E-state index < -0.39 is 0 Å². The molecule has 2 heteroatoms. The molecule has 1 aliphatic carbocycles. The van der Waals surface area contributed by atoms with Crippen molar-refractivity contribution in [2.24, 2.45) is 0 Å². The van der Waals surface area contributed by atoms with Crippen molar-refractivity contribution >= 4 is 5.78 Å². The maximum Gasteiger partial charge on any atom is 0.133 e. The van der Waals surface area contributed by atoms with E-state index in [1.807, 2.05) is 6.07 Å². The van der Waals surface area contributed by atoms with E-state index in [4.69, 9.17) is 4.74 Å². The van der Waals surface area contributed by atoms with Crippen LogP contribution in [-0.2, 0) is 16.0 Å². The monoisotopic (exact) mass is 218 g/mol. The molecular formula is C14H18O2. The van der Waals surface area contributed by atoms with Crippen LogP contribution in [0.25, 0.3) is 0 Å². The summed E-state index contributed by atoms with van der Waals surface area (Å²) in [4.78, 5) is 11.0. The third-order valence-corrected chi connectivity index (χ3v) is 3.08. The standard InChI is InChI=1S/C14H18O2/c15-13-6-8-14(9-7-13)16-11-10-12-4-2-1-3-5-12/h1-5,14H,6-11H2. The van der Waals surface area contributed by atoms with Gasteiger partial charge in [0.1, 0.15) is 5.78 Å². The number of carbonyl (C=O) groups is 1. The zero-order valence-electron chi connectivity index (χ0n) is 9.52. The molecule has 2 nitrogen and oxygen atoms in total. The number of rotatable bonds is 4. The maximum atomic E-state index is 11.0. The van der Waals surface area contributed by atoms with E-state index in [1.165, 1.54) is 5.56 Å². The van der Waals surface area contributed by atoms with Gasteiger partial charge in [0.2, 0.25) is 0 Å². The lowest BCUT2D eigenvalue weighted by atomic mass is 9.96. The van der Waals surface area contributed by atoms with Crippen LogP contribution in [0.1, 0.15) is 31.2 Å². The van der Waals surface area contributed by atoms with Crippen molar-refractivity contribution in [1.82, 2.24) is 0 Å². The van der Waals surface area contributed by atoms with Crippen LogP contribution >= 0.6 is 0 Å². The second kappa shape index (κ2) is 5.80. The lowest BCUT2D eigenvalue weighted by molar-refractivity contribution is -0.122. The first-order valence-electron chi connectivity index (χ1n) is 6.02. The lowest BCUT2D eigenvalue weighted by Gasteiger charge is -2.21. The summed E-state index contributed by atoms with van der Waals surface area (Å²) in [5.41, 5.74) is 1.31. The van der Waals surface area contributed by atoms with Crippen LogP contribution in [0.15, 0.2) is 30.3 Å². The molecule has 0 unspecified atom stereocenters. The Kier molecular flexibility index (Phi) is 4.11. The Hall–Kier alpha value is -1.15. The summed E-state index contributed by atoms with van der Waals surface area (Å²) in [6, 6.07) is 10.4.